The normalized spacial score (nSPS) is 28.0. The molecule has 0 spiro atoms. The minimum atomic E-state index is -1.14. The van der Waals surface area contributed by atoms with E-state index in [4.69, 9.17) is 4.74 Å². The Morgan fingerprint density at radius 2 is 2.27 bits per heavy atom. The topological polar surface area (TPSA) is 49.9 Å². The van der Waals surface area contributed by atoms with Gasteiger partial charge < -0.3 is 4.74 Å². The van der Waals surface area contributed by atoms with Crippen molar-refractivity contribution < 1.29 is 18.7 Å². The molecule has 22 heavy (non-hydrogen) atoms. The first-order valence-electron chi connectivity index (χ1n) is 7.46. The van der Waals surface area contributed by atoms with E-state index in [1.165, 1.54) is 19.2 Å². The summed E-state index contributed by atoms with van der Waals surface area (Å²) in [7, 11) is 1.30. The van der Waals surface area contributed by atoms with E-state index < -0.39 is 11.4 Å². The van der Waals surface area contributed by atoms with Crippen LogP contribution in [-0.2, 0) is 14.3 Å². The molecule has 0 radical (unpaired) electrons. The van der Waals surface area contributed by atoms with Gasteiger partial charge in [-0.25, -0.2) is 9.40 Å². The van der Waals surface area contributed by atoms with Gasteiger partial charge in [-0.05, 0) is 30.5 Å². The second-order valence-electron chi connectivity index (χ2n) is 5.82. The number of rotatable bonds is 3. The fourth-order valence-corrected chi connectivity index (χ4v) is 3.50. The van der Waals surface area contributed by atoms with Gasteiger partial charge in [0, 0.05) is 13.1 Å². The molecular weight excluding hydrogens is 287 g/mol. The summed E-state index contributed by atoms with van der Waals surface area (Å²) in [6.45, 7) is 2.82. The maximum atomic E-state index is 13.5. The van der Waals surface area contributed by atoms with Crippen molar-refractivity contribution in [3.8, 4) is 0 Å². The number of nitrogens with zero attached hydrogens (tertiary/aromatic N) is 2. The fraction of sp³-hybridized carbons (Fsp3) is 0.500. The van der Waals surface area contributed by atoms with Crippen LogP contribution in [0.2, 0.25) is 0 Å². The molecule has 2 atom stereocenters. The number of hydrazine groups is 1. The summed E-state index contributed by atoms with van der Waals surface area (Å²) in [5, 5.41) is 3.51. The minimum Gasteiger partial charge on any atom is -0.468 e. The van der Waals surface area contributed by atoms with Gasteiger partial charge in [0.15, 0.2) is 5.41 Å². The number of hydrogen-bond donors (Lipinski definition) is 0. The summed E-state index contributed by atoms with van der Waals surface area (Å²) >= 11 is 0. The summed E-state index contributed by atoms with van der Waals surface area (Å²) in [6, 6.07) is 6.06. The molecule has 2 heterocycles. The molecule has 1 aromatic carbocycles. The van der Waals surface area contributed by atoms with Crippen molar-refractivity contribution in [1.29, 1.82) is 0 Å². The van der Waals surface area contributed by atoms with Crippen LogP contribution in [0.15, 0.2) is 24.3 Å². The molecule has 2 aliphatic rings. The second-order valence-corrected chi connectivity index (χ2v) is 5.82. The van der Waals surface area contributed by atoms with Crippen molar-refractivity contribution in [2.75, 3.05) is 20.2 Å². The summed E-state index contributed by atoms with van der Waals surface area (Å²) in [6.07, 6.45) is 1.12. The Kier molecular flexibility index (Phi) is 3.64. The van der Waals surface area contributed by atoms with Crippen molar-refractivity contribution in [3.63, 3.8) is 0 Å². The van der Waals surface area contributed by atoms with Crippen LogP contribution in [0, 0.1) is 11.2 Å². The monoisotopic (exact) mass is 306 g/mol. The van der Waals surface area contributed by atoms with E-state index in [1.807, 2.05) is 18.0 Å². The van der Waals surface area contributed by atoms with E-state index in [9.17, 15) is 14.0 Å². The second kappa shape index (κ2) is 5.35. The number of fused-ring (bicyclic) bond motifs is 1. The molecule has 2 saturated heterocycles. The van der Waals surface area contributed by atoms with Gasteiger partial charge in [0.2, 0.25) is 0 Å². The Labute approximate surface area is 128 Å². The third kappa shape index (κ3) is 2.01. The third-order valence-corrected chi connectivity index (χ3v) is 4.74. The number of amides is 1. The average molecular weight is 306 g/mol. The van der Waals surface area contributed by atoms with Gasteiger partial charge in [0.1, 0.15) is 5.82 Å². The number of esters is 1. The molecule has 1 aromatic rings. The van der Waals surface area contributed by atoms with Crippen molar-refractivity contribution in [2.45, 2.75) is 25.8 Å². The molecule has 0 aliphatic carbocycles. The van der Waals surface area contributed by atoms with Crippen molar-refractivity contribution in [2.24, 2.45) is 5.41 Å². The highest BCUT2D eigenvalue weighted by molar-refractivity contribution is 6.04. The Balaban J connectivity index is 1.95. The van der Waals surface area contributed by atoms with Crippen LogP contribution in [0.25, 0.3) is 0 Å². The quantitative estimate of drug-likeness (QED) is 0.632. The summed E-state index contributed by atoms with van der Waals surface area (Å²) < 4.78 is 18.3. The van der Waals surface area contributed by atoms with Gasteiger partial charge in [-0.3, -0.25) is 14.6 Å². The molecule has 118 valence electrons. The van der Waals surface area contributed by atoms with Gasteiger partial charge in [0.25, 0.3) is 5.91 Å². The van der Waals surface area contributed by atoms with Crippen LogP contribution in [0.4, 0.5) is 4.39 Å². The standard InChI is InChI=1S/C16H19FN2O3/c1-3-16(15(21)22-2)10-18-8-7-13(19(18)14(16)20)11-5-4-6-12(17)9-11/h4-6,9,13H,3,7-8,10H2,1-2H3. The van der Waals surface area contributed by atoms with Crippen LogP contribution in [0.1, 0.15) is 31.4 Å². The van der Waals surface area contributed by atoms with Crippen molar-refractivity contribution in [3.05, 3.63) is 35.6 Å². The SMILES string of the molecule is CCC1(C(=O)OC)CN2CCC(c3cccc(F)c3)N2C1=O. The lowest BCUT2D eigenvalue weighted by Crippen LogP contribution is -2.42. The smallest absolute Gasteiger partial charge is 0.322 e. The van der Waals surface area contributed by atoms with Gasteiger partial charge >= 0.3 is 5.97 Å². The van der Waals surface area contributed by atoms with Gasteiger partial charge in [-0.1, -0.05) is 19.1 Å². The van der Waals surface area contributed by atoms with Gasteiger partial charge in [-0.2, -0.15) is 0 Å². The zero-order chi connectivity index (χ0) is 15.9. The predicted molar refractivity (Wildman–Crippen MR) is 76.9 cm³/mol. The largest absolute Gasteiger partial charge is 0.468 e. The molecule has 2 unspecified atom stereocenters. The van der Waals surface area contributed by atoms with E-state index >= 15 is 0 Å². The van der Waals surface area contributed by atoms with Gasteiger partial charge in [0.05, 0.1) is 13.2 Å². The lowest BCUT2D eigenvalue weighted by atomic mass is 9.84. The lowest BCUT2D eigenvalue weighted by Gasteiger charge is -2.26. The summed E-state index contributed by atoms with van der Waals surface area (Å²) in [5.74, 6) is -1.06. The minimum absolute atomic E-state index is 0.221. The first-order chi connectivity index (χ1) is 10.5. The number of hydrogen-bond acceptors (Lipinski definition) is 4. The number of methoxy groups -OCH3 is 1. The highest BCUT2D eigenvalue weighted by Gasteiger charge is 2.59. The molecular formula is C16H19FN2O3. The van der Waals surface area contributed by atoms with E-state index in [2.05, 4.69) is 0 Å². The summed E-state index contributed by atoms with van der Waals surface area (Å²) in [4.78, 5) is 25.0. The zero-order valence-electron chi connectivity index (χ0n) is 12.7. The van der Waals surface area contributed by atoms with E-state index in [1.54, 1.807) is 11.1 Å². The molecule has 0 bridgehead atoms. The number of ether oxygens (including phenoxy) is 1. The number of benzene rings is 1. The molecule has 2 aliphatic heterocycles. The Hall–Kier alpha value is -1.95. The number of carbonyl (C=O) groups excluding carboxylic acids is 2. The van der Waals surface area contributed by atoms with E-state index in [0.717, 1.165) is 12.0 Å². The zero-order valence-corrected chi connectivity index (χ0v) is 12.7. The molecule has 6 heteroatoms. The van der Waals surface area contributed by atoms with Crippen LogP contribution >= 0.6 is 0 Å². The van der Waals surface area contributed by atoms with Crippen molar-refractivity contribution in [1.82, 2.24) is 10.0 Å². The van der Waals surface area contributed by atoms with Crippen LogP contribution in [0.5, 0.6) is 0 Å². The Morgan fingerprint density at radius 3 is 2.91 bits per heavy atom. The molecule has 0 aromatic heterocycles. The van der Waals surface area contributed by atoms with Crippen molar-refractivity contribution >= 4 is 11.9 Å². The van der Waals surface area contributed by atoms with Crippen LogP contribution < -0.4 is 0 Å². The molecule has 5 nitrogen and oxygen atoms in total. The summed E-state index contributed by atoms with van der Waals surface area (Å²) in [5.41, 5.74) is -0.381. The molecule has 0 N–H and O–H groups in total. The van der Waals surface area contributed by atoms with E-state index in [0.29, 0.717) is 19.5 Å². The maximum Gasteiger partial charge on any atom is 0.322 e. The third-order valence-electron chi connectivity index (χ3n) is 4.74. The maximum absolute atomic E-state index is 13.5. The Morgan fingerprint density at radius 1 is 1.50 bits per heavy atom. The van der Waals surface area contributed by atoms with Crippen LogP contribution in [-0.4, -0.2) is 42.1 Å². The highest BCUT2D eigenvalue weighted by atomic mass is 19.1. The van der Waals surface area contributed by atoms with E-state index in [-0.39, 0.29) is 17.8 Å². The molecule has 0 saturated carbocycles. The molecule has 1 amide bonds. The molecule has 2 fully saturated rings. The lowest BCUT2D eigenvalue weighted by molar-refractivity contribution is -0.159. The number of carbonyl (C=O) groups is 2. The molecule has 3 rings (SSSR count). The van der Waals surface area contributed by atoms with Gasteiger partial charge in [-0.15, -0.1) is 0 Å². The number of halogens is 1. The fourth-order valence-electron chi connectivity index (χ4n) is 3.50. The average Bonchev–Trinajstić information content (AvgIpc) is 3.05. The highest BCUT2D eigenvalue weighted by Crippen LogP contribution is 2.44. The Bertz CT molecular complexity index is 621. The first-order valence-corrected chi connectivity index (χ1v) is 7.46. The first kappa shape index (κ1) is 15.0. The van der Waals surface area contributed by atoms with Crippen LogP contribution in [0.3, 0.4) is 0 Å². The predicted octanol–water partition coefficient (Wildman–Crippen LogP) is 1.90.